The van der Waals surface area contributed by atoms with E-state index in [1.54, 1.807) is 31.1 Å². The van der Waals surface area contributed by atoms with Gasteiger partial charge in [-0.25, -0.2) is 9.18 Å². The largest absolute Gasteiger partial charge is 0.441 e. The lowest BCUT2D eigenvalue weighted by molar-refractivity contribution is 0.0963. The Morgan fingerprint density at radius 1 is 1.45 bits per heavy atom. The first kappa shape index (κ1) is 16.2. The van der Waals surface area contributed by atoms with E-state index in [9.17, 15) is 9.18 Å². The van der Waals surface area contributed by atoms with E-state index < -0.39 is 18.0 Å². The number of benzene rings is 1. The van der Waals surface area contributed by atoms with E-state index in [0.29, 0.717) is 11.4 Å². The molecule has 1 heterocycles. The minimum atomic E-state index is -0.564. The van der Waals surface area contributed by atoms with Crippen LogP contribution in [0.15, 0.2) is 18.2 Å². The third-order valence-corrected chi connectivity index (χ3v) is 2.80. The molecule has 1 aromatic carbocycles. The fraction of sp³-hybridized carbons (Fsp3) is 0.500. The molecule has 112 valence electrons. The molecule has 0 saturated carbocycles. The molecule has 6 heteroatoms. The van der Waals surface area contributed by atoms with Gasteiger partial charge in [-0.15, -0.1) is 0 Å². The maximum atomic E-state index is 13.8. The van der Waals surface area contributed by atoms with Crippen LogP contribution in [0, 0.1) is 5.82 Å². The quantitative estimate of drug-likeness (QED) is 0.925. The Morgan fingerprint density at radius 3 is 2.55 bits per heavy atom. The average molecular weight is 284 g/mol. The summed E-state index contributed by atoms with van der Waals surface area (Å²) in [6, 6.07) is 4.54. The molecule has 0 radical (unpaired) electrons. The average Bonchev–Trinajstić information content (AvgIpc) is 2.82. The van der Waals surface area contributed by atoms with Gasteiger partial charge in [-0.2, -0.15) is 0 Å². The van der Waals surface area contributed by atoms with Gasteiger partial charge in [0.05, 0.1) is 24.5 Å². The molecule has 5 nitrogen and oxygen atoms in total. The van der Waals surface area contributed by atoms with Crippen molar-refractivity contribution >= 4 is 17.5 Å². The van der Waals surface area contributed by atoms with Crippen molar-refractivity contribution in [1.29, 1.82) is 0 Å². The zero-order valence-corrected chi connectivity index (χ0v) is 12.3. The van der Waals surface area contributed by atoms with E-state index in [4.69, 9.17) is 9.84 Å². The fourth-order valence-corrected chi connectivity index (χ4v) is 1.85. The summed E-state index contributed by atoms with van der Waals surface area (Å²) in [7, 11) is 3.48. The van der Waals surface area contributed by atoms with E-state index in [2.05, 4.69) is 0 Å². The van der Waals surface area contributed by atoms with Gasteiger partial charge in [-0.05, 0) is 18.2 Å². The van der Waals surface area contributed by atoms with E-state index in [-0.39, 0.29) is 13.2 Å². The molecule has 1 amide bonds. The number of aliphatic hydroxyl groups excluding tert-OH is 1. The van der Waals surface area contributed by atoms with E-state index in [1.807, 2.05) is 13.8 Å². The molecule has 1 atom stereocenters. The topological polar surface area (TPSA) is 53.0 Å². The second kappa shape index (κ2) is 7.09. The number of rotatable bonds is 3. The summed E-state index contributed by atoms with van der Waals surface area (Å²) in [5.74, 6) is -0.405. The van der Waals surface area contributed by atoms with Crippen molar-refractivity contribution in [3.63, 3.8) is 0 Å². The number of anilines is 2. The number of nitrogens with zero attached hydrogens (tertiary/aromatic N) is 2. The van der Waals surface area contributed by atoms with Gasteiger partial charge in [-0.1, -0.05) is 13.8 Å². The predicted octanol–water partition coefficient (Wildman–Crippen LogP) is 2.24. The van der Waals surface area contributed by atoms with Gasteiger partial charge in [0, 0.05) is 14.1 Å². The number of ether oxygens (including phenoxy) is 1. The molecule has 0 bridgehead atoms. The van der Waals surface area contributed by atoms with Crippen molar-refractivity contribution in [2.45, 2.75) is 20.0 Å². The second-order valence-electron chi connectivity index (χ2n) is 4.33. The van der Waals surface area contributed by atoms with Crippen LogP contribution in [-0.4, -0.2) is 44.6 Å². The van der Waals surface area contributed by atoms with Gasteiger partial charge < -0.3 is 14.7 Å². The SMILES string of the molecule is CC.CN(C)c1ccc(N2CC(CO)OC2=O)cc1F. The number of hydrogen-bond acceptors (Lipinski definition) is 4. The van der Waals surface area contributed by atoms with Gasteiger partial charge in [-0.3, -0.25) is 4.90 Å². The van der Waals surface area contributed by atoms with Crippen LogP contribution in [0.25, 0.3) is 0 Å². The molecule has 2 rings (SSSR count). The molecular formula is C14H21FN2O3. The molecule has 0 aliphatic carbocycles. The molecule has 1 aliphatic heterocycles. The lowest BCUT2D eigenvalue weighted by atomic mass is 10.2. The fourth-order valence-electron chi connectivity index (χ4n) is 1.85. The van der Waals surface area contributed by atoms with Gasteiger partial charge >= 0.3 is 6.09 Å². The monoisotopic (exact) mass is 284 g/mol. The Labute approximate surface area is 118 Å². The molecule has 1 fully saturated rings. The Bertz CT molecular complexity index is 466. The highest BCUT2D eigenvalue weighted by atomic mass is 19.1. The molecule has 1 N–H and O–H groups in total. The van der Waals surface area contributed by atoms with Crippen molar-refractivity contribution in [2.75, 3.05) is 37.0 Å². The first-order valence-electron chi connectivity index (χ1n) is 6.59. The van der Waals surface area contributed by atoms with Gasteiger partial charge in [0.25, 0.3) is 0 Å². The highest BCUT2D eigenvalue weighted by molar-refractivity contribution is 5.90. The van der Waals surface area contributed by atoms with Crippen LogP contribution in [0.5, 0.6) is 0 Å². The zero-order chi connectivity index (χ0) is 15.3. The summed E-state index contributed by atoms with van der Waals surface area (Å²) < 4.78 is 18.7. The Kier molecular flexibility index (Phi) is 5.76. The van der Waals surface area contributed by atoms with E-state index in [1.165, 1.54) is 11.0 Å². The number of amides is 1. The van der Waals surface area contributed by atoms with Crippen LogP contribution >= 0.6 is 0 Å². The van der Waals surface area contributed by atoms with Crippen LogP contribution < -0.4 is 9.80 Å². The number of halogens is 1. The molecular weight excluding hydrogens is 263 g/mol. The first-order chi connectivity index (χ1) is 9.52. The molecule has 20 heavy (non-hydrogen) atoms. The minimum absolute atomic E-state index is 0.232. The Hall–Kier alpha value is -1.82. The van der Waals surface area contributed by atoms with Crippen molar-refractivity contribution < 1.29 is 19.0 Å². The van der Waals surface area contributed by atoms with Crippen molar-refractivity contribution in [3.05, 3.63) is 24.0 Å². The number of carbonyl (C=O) groups excluding carboxylic acids is 1. The summed E-state index contributed by atoms with van der Waals surface area (Å²) in [6.45, 7) is 4.00. The minimum Gasteiger partial charge on any atom is -0.441 e. The van der Waals surface area contributed by atoms with Crippen molar-refractivity contribution in [2.24, 2.45) is 0 Å². The lowest BCUT2D eigenvalue weighted by Gasteiger charge is -2.17. The van der Waals surface area contributed by atoms with Gasteiger partial charge in [0.2, 0.25) is 0 Å². The molecule has 1 unspecified atom stereocenters. The van der Waals surface area contributed by atoms with Crippen LogP contribution in [-0.2, 0) is 4.74 Å². The standard InChI is InChI=1S/C12H15FN2O3.C2H6/c1-14(2)11-4-3-8(5-10(11)13)15-6-9(7-16)18-12(15)17;1-2/h3-5,9,16H,6-7H2,1-2H3;1-2H3. The van der Waals surface area contributed by atoms with E-state index in [0.717, 1.165) is 0 Å². The molecule has 0 aromatic heterocycles. The maximum absolute atomic E-state index is 13.8. The van der Waals surface area contributed by atoms with Gasteiger partial charge in [0.1, 0.15) is 11.9 Å². The third-order valence-electron chi connectivity index (χ3n) is 2.80. The summed E-state index contributed by atoms with van der Waals surface area (Å²) in [5, 5.41) is 8.94. The van der Waals surface area contributed by atoms with Gasteiger partial charge in [0.15, 0.2) is 0 Å². The predicted molar refractivity (Wildman–Crippen MR) is 76.8 cm³/mol. The summed E-state index contributed by atoms with van der Waals surface area (Å²) in [4.78, 5) is 14.5. The van der Waals surface area contributed by atoms with Crippen LogP contribution in [0.1, 0.15) is 13.8 Å². The first-order valence-corrected chi connectivity index (χ1v) is 6.59. The molecule has 1 aromatic rings. The highest BCUT2D eigenvalue weighted by Gasteiger charge is 2.32. The summed E-state index contributed by atoms with van der Waals surface area (Å²) >= 11 is 0. The zero-order valence-electron chi connectivity index (χ0n) is 12.3. The summed E-state index contributed by atoms with van der Waals surface area (Å²) in [5.41, 5.74) is 0.879. The second-order valence-corrected chi connectivity index (χ2v) is 4.33. The number of cyclic esters (lactones) is 1. The van der Waals surface area contributed by atoms with Crippen molar-refractivity contribution in [1.82, 2.24) is 0 Å². The molecule has 1 saturated heterocycles. The number of carbonyl (C=O) groups is 1. The van der Waals surface area contributed by atoms with Crippen LogP contribution in [0.2, 0.25) is 0 Å². The number of aliphatic hydroxyl groups is 1. The maximum Gasteiger partial charge on any atom is 0.414 e. The molecule has 0 spiro atoms. The molecule has 1 aliphatic rings. The number of hydrogen-bond donors (Lipinski definition) is 1. The Morgan fingerprint density at radius 2 is 2.10 bits per heavy atom. The van der Waals surface area contributed by atoms with Crippen molar-refractivity contribution in [3.8, 4) is 0 Å². The smallest absolute Gasteiger partial charge is 0.414 e. The third kappa shape index (κ3) is 3.39. The van der Waals surface area contributed by atoms with E-state index >= 15 is 0 Å². The van der Waals surface area contributed by atoms with Crippen LogP contribution in [0.3, 0.4) is 0 Å². The summed E-state index contributed by atoms with van der Waals surface area (Å²) in [6.07, 6.45) is -1.11. The lowest BCUT2D eigenvalue weighted by Crippen LogP contribution is -2.25. The normalized spacial score (nSPS) is 17.4. The highest BCUT2D eigenvalue weighted by Crippen LogP contribution is 2.26. The Balaban J connectivity index is 0.000000956. The van der Waals surface area contributed by atoms with Crippen LogP contribution in [0.4, 0.5) is 20.6 Å².